The molecule has 4 aromatic rings. The standard InChI is InChI=1S/C31H31BrF2N4O4/c1-30(2,3)28(39)42-19-12-17-8-5-6-9-20(17)21(13-19)24-23(34)25-22(26(32)35-24)27(40-4)37-29(36-25)41-16-31-10-7-11-38(31)15-18(33)14-31/h5-6,8-9,12-13,18H,7,10-11,14-16H2,1-4H3/t18-,31+/m1/s1. The van der Waals surface area contributed by atoms with Gasteiger partial charge in [-0.25, -0.2) is 13.8 Å². The summed E-state index contributed by atoms with van der Waals surface area (Å²) in [7, 11) is 1.42. The molecule has 2 fully saturated rings. The molecule has 11 heteroatoms. The van der Waals surface area contributed by atoms with Gasteiger partial charge in [-0.3, -0.25) is 9.69 Å². The highest BCUT2D eigenvalue weighted by Crippen LogP contribution is 2.42. The van der Waals surface area contributed by atoms with Crippen molar-refractivity contribution in [3.8, 4) is 28.9 Å². The van der Waals surface area contributed by atoms with Crippen LogP contribution in [0.15, 0.2) is 41.0 Å². The lowest BCUT2D eigenvalue weighted by Crippen LogP contribution is -2.43. The van der Waals surface area contributed by atoms with E-state index in [4.69, 9.17) is 14.2 Å². The first-order chi connectivity index (χ1) is 20.0. The third-order valence-electron chi connectivity index (χ3n) is 8.02. The van der Waals surface area contributed by atoms with E-state index in [-0.39, 0.29) is 45.4 Å². The molecular formula is C31H31BrF2N4O4. The Kier molecular flexibility index (Phi) is 7.29. The summed E-state index contributed by atoms with van der Waals surface area (Å²) in [5.74, 6) is -0.771. The zero-order valence-electron chi connectivity index (χ0n) is 23.8. The van der Waals surface area contributed by atoms with Gasteiger partial charge in [0.05, 0.1) is 23.4 Å². The minimum Gasteiger partial charge on any atom is -0.480 e. The van der Waals surface area contributed by atoms with Crippen molar-refractivity contribution in [2.45, 2.75) is 51.7 Å². The molecule has 0 radical (unpaired) electrons. The van der Waals surface area contributed by atoms with Crippen molar-refractivity contribution in [2.75, 3.05) is 26.8 Å². The van der Waals surface area contributed by atoms with Gasteiger partial charge in [-0.2, -0.15) is 9.97 Å². The van der Waals surface area contributed by atoms with Gasteiger partial charge in [-0.05, 0) is 79.0 Å². The first-order valence-electron chi connectivity index (χ1n) is 13.9. The number of esters is 1. The van der Waals surface area contributed by atoms with Gasteiger partial charge in [0.1, 0.15) is 34.3 Å². The molecule has 2 aromatic carbocycles. The van der Waals surface area contributed by atoms with Crippen LogP contribution < -0.4 is 14.2 Å². The molecule has 2 saturated heterocycles. The molecule has 2 atom stereocenters. The van der Waals surface area contributed by atoms with E-state index >= 15 is 4.39 Å². The molecule has 0 spiro atoms. The Labute approximate surface area is 250 Å². The Bertz CT molecular complexity index is 1710. The molecule has 0 bridgehead atoms. The average Bonchev–Trinajstić information content (AvgIpc) is 3.48. The second-order valence-corrected chi connectivity index (χ2v) is 12.8. The van der Waals surface area contributed by atoms with Crippen LogP contribution in [-0.4, -0.2) is 64.3 Å². The maximum Gasteiger partial charge on any atom is 0.320 e. The summed E-state index contributed by atoms with van der Waals surface area (Å²) in [5, 5.41) is 1.71. The Balaban J connectivity index is 1.45. The van der Waals surface area contributed by atoms with Crippen molar-refractivity contribution < 1.29 is 27.8 Å². The summed E-state index contributed by atoms with van der Waals surface area (Å²) in [6.07, 6.45) is 1.26. The summed E-state index contributed by atoms with van der Waals surface area (Å²) >= 11 is 3.47. The number of ether oxygens (including phenoxy) is 3. The van der Waals surface area contributed by atoms with Gasteiger partial charge in [-0.1, -0.05) is 24.3 Å². The zero-order valence-corrected chi connectivity index (χ0v) is 25.4. The van der Waals surface area contributed by atoms with Crippen LogP contribution in [0.3, 0.4) is 0 Å². The molecule has 0 aliphatic carbocycles. The van der Waals surface area contributed by atoms with Crippen LogP contribution in [0, 0.1) is 11.2 Å². The lowest BCUT2D eigenvalue weighted by molar-refractivity contribution is -0.142. The van der Waals surface area contributed by atoms with Gasteiger partial charge >= 0.3 is 12.0 Å². The smallest absolute Gasteiger partial charge is 0.320 e. The maximum absolute atomic E-state index is 16.5. The van der Waals surface area contributed by atoms with Crippen molar-refractivity contribution in [3.63, 3.8) is 0 Å². The SMILES string of the molecule is COc1nc(OC[C@@]23CCCN2C[C@H](F)C3)nc2c(F)c(-c3cc(OC(=O)C(C)(C)C)cc4ccccc34)nc(Br)c12. The molecule has 0 N–H and O–H groups in total. The number of aromatic nitrogens is 3. The highest BCUT2D eigenvalue weighted by atomic mass is 79.9. The number of nitrogens with zero attached hydrogens (tertiary/aromatic N) is 4. The third-order valence-corrected chi connectivity index (χ3v) is 8.60. The van der Waals surface area contributed by atoms with E-state index in [1.54, 1.807) is 32.9 Å². The highest BCUT2D eigenvalue weighted by molar-refractivity contribution is 9.10. The minimum absolute atomic E-state index is 0.00237. The second-order valence-electron chi connectivity index (χ2n) is 12.0. The monoisotopic (exact) mass is 640 g/mol. The van der Waals surface area contributed by atoms with Gasteiger partial charge in [0.25, 0.3) is 0 Å². The lowest BCUT2D eigenvalue weighted by Gasteiger charge is -2.30. The molecule has 0 saturated carbocycles. The van der Waals surface area contributed by atoms with E-state index in [9.17, 15) is 9.18 Å². The quantitative estimate of drug-likeness (QED) is 0.131. The molecule has 8 nitrogen and oxygen atoms in total. The van der Waals surface area contributed by atoms with Crippen molar-refractivity contribution in [3.05, 3.63) is 46.8 Å². The molecular weight excluding hydrogens is 610 g/mol. The van der Waals surface area contributed by atoms with Gasteiger partial charge in [0, 0.05) is 18.5 Å². The lowest BCUT2D eigenvalue weighted by atomic mass is 9.95. The van der Waals surface area contributed by atoms with Crippen LogP contribution in [0.2, 0.25) is 0 Å². The molecule has 2 aliphatic rings. The van der Waals surface area contributed by atoms with Crippen LogP contribution in [0.1, 0.15) is 40.0 Å². The van der Waals surface area contributed by atoms with Crippen molar-refractivity contribution in [1.29, 1.82) is 0 Å². The molecule has 4 heterocycles. The summed E-state index contributed by atoms with van der Waals surface area (Å²) in [5.41, 5.74) is -0.778. The number of benzene rings is 2. The summed E-state index contributed by atoms with van der Waals surface area (Å²) in [6.45, 7) is 6.68. The maximum atomic E-state index is 16.5. The fraction of sp³-hybridized carbons (Fsp3) is 0.419. The molecule has 220 valence electrons. The van der Waals surface area contributed by atoms with E-state index in [2.05, 4.69) is 35.8 Å². The molecule has 2 aromatic heterocycles. The van der Waals surface area contributed by atoms with E-state index in [1.165, 1.54) is 7.11 Å². The number of methoxy groups -OCH3 is 1. The number of hydrogen-bond donors (Lipinski definition) is 0. The van der Waals surface area contributed by atoms with E-state index < -0.39 is 28.9 Å². The summed E-state index contributed by atoms with van der Waals surface area (Å²) in [6, 6.07) is 10.7. The Hall–Kier alpha value is -3.44. The number of carbonyl (C=O) groups is 1. The fourth-order valence-electron chi connectivity index (χ4n) is 5.92. The largest absolute Gasteiger partial charge is 0.480 e. The van der Waals surface area contributed by atoms with Crippen LogP contribution in [0.25, 0.3) is 32.9 Å². The Morgan fingerprint density at radius 1 is 1.19 bits per heavy atom. The summed E-state index contributed by atoms with van der Waals surface area (Å²) in [4.78, 5) is 28.2. The number of alkyl halides is 1. The minimum atomic E-state index is -0.906. The van der Waals surface area contributed by atoms with Crippen LogP contribution >= 0.6 is 15.9 Å². The molecule has 6 rings (SSSR count). The first-order valence-corrected chi connectivity index (χ1v) is 14.7. The van der Waals surface area contributed by atoms with E-state index in [0.717, 1.165) is 24.8 Å². The number of halogens is 3. The normalized spacial score (nSPS) is 20.7. The number of hydrogen-bond acceptors (Lipinski definition) is 8. The van der Waals surface area contributed by atoms with Crippen molar-refractivity contribution in [1.82, 2.24) is 19.9 Å². The predicted molar refractivity (Wildman–Crippen MR) is 158 cm³/mol. The highest BCUT2D eigenvalue weighted by Gasteiger charge is 2.49. The number of carbonyl (C=O) groups excluding carboxylic acids is 1. The van der Waals surface area contributed by atoms with Crippen LogP contribution in [0.4, 0.5) is 8.78 Å². The second kappa shape index (κ2) is 10.7. The van der Waals surface area contributed by atoms with Crippen LogP contribution in [0.5, 0.6) is 17.6 Å². The van der Waals surface area contributed by atoms with Gasteiger partial charge in [0.15, 0.2) is 5.82 Å². The molecule has 0 unspecified atom stereocenters. The van der Waals surface area contributed by atoms with Crippen molar-refractivity contribution >= 4 is 43.6 Å². The first kappa shape index (κ1) is 28.7. The van der Waals surface area contributed by atoms with Crippen LogP contribution in [-0.2, 0) is 4.79 Å². The predicted octanol–water partition coefficient (Wildman–Crippen LogP) is 6.66. The van der Waals surface area contributed by atoms with E-state index in [0.29, 0.717) is 23.9 Å². The Morgan fingerprint density at radius 2 is 1.98 bits per heavy atom. The number of fused-ring (bicyclic) bond motifs is 3. The third kappa shape index (κ3) is 5.06. The average molecular weight is 642 g/mol. The van der Waals surface area contributed by atoms with Gasteiger partial charge in [0.2, 0.25) is 5.88 Å². The summed E-state index contributed by atoms with van der Waals surface area (Å²) < 4.78 is 48.3. The van der Waals surface area contributed by atoms with Gasteiger partial charge in [-0.15, -0.1) is 0 Å². The van der Waals surface area contributed by atoms with E-state index in [1.807, 2.05) is 24.3 Å². The molecule has 2 aliphatic heterocycles. The molecule has 42 heavy (non-hydrogen) atoms. The topological polar surface area (TPSA) is 86.7 Å². The Morgan fingerprint density at radius 3 is 2.74 bits per heavy atom. The number of pyridine rings is 1. The van der Waals surface area contributed by atoms with Crippen molar-refractivity contribution in [2.24, 2.45) is 5.41 Å². The fourth-order valence-corrected chi connectivity index (χ4v) is 6.45. The van der Waals surface area contributed by atoms with Gasteiger partial charge < -0.3 is 14.2 Å². The zero-order chi connectivity index (χ0) is 29.8. The number of rotatable bonds is 6. The molecule has 0 amide bonds.